The van der Waals surface area contributed by atoms with Crippen LogP contribution in [0, 0.1) is 0 Å². The summed E-state index contributed by atoms with van der Waals surface area (Å²) < 4.78 is 33.6. The van der Waals surface area contributed by atoms with Gasteiger partial charge in [0.05, 0.1) is 0 Å². The first-order valence-electron chi connectivity index (χ1n) is 4.38. The van der Waals surface area contributed by atoms with Crippen molar-refractivity contribution in [3.8, 4) is 0 Å². The molecular formula is C8H15NO5S. The predicted molar refractivity (Wildman–Crippen MR) is 54.3 cm³/mol. The molecule has 0 aromatic heterocycles. The zero-order valence-electron chi connectivity index (χ0n) is 8.69. The van der Waals surface area contributed by atoms with Crippen molar-refractivity contribution in [2.75, 3.05) is 0 Å². The first-order chi connectivity index (χ1) is 6.76. The van der Waals surface area contributed by atoms with E-state index in [0.29, 0.717) is 6.42 Å². The van der Waals surface area contributed by atoms with Crippen molar-refractivity contribution in [2.45, 2.75) is 32.9 Å². The quantitative estimate of drug-likeness (QED) is 0.401. The van der Waals surface area contributed by atoms with E-state index in [1.54, 1.807) is 6.92 Å². The van der Waals surface area contributed by atoms with Crippen molar-refractivity contribution in [1.29, 1.82) is 0 Å². The van der Waals surface area contributed by atoms with Gasteiger partial charge in [-0.3, -0.25) is 9.35 Å². The number of rotatable bonds is 6. The highest BCUT2D eigenvalue weighted by atomic mass is 32.3. The number of carbonyl (C=O) groups is 1. The first-order valence-corrected chi connectivity index (χ1v) is 5.75. The summed E-state index contributed by atoms with van der Waals surface area (Å²) in [6.07, 6.45) is -0.190. The molecule has 2 N–H and O–H groups in total. The van der Waals surface area contributed by atoms with Crippen LogP contribution < -0.4 is 5.32 Å². The Morgan fingerprint density at radius 2 is 2.13 bits per heavy atom. The van der Waals surface area contributed by atoms with Gasteiger partial charge in [-0.1, -0.05) is 19.9 Å². The lowest BCUT2D eigenvalue weighted by Crippen LogP contribution is -2.38. The lowest BCUT2D eigenvalue weighted by Gasteiger charge is -2.16. The highest BCUT2D eigenvalue weighted by Crippen LogP contribution is 2.03. The third-order valence-corrected chi connectivity index (χ3v) is 1.94. The molecule has 1 atom stereocenters. The predicted octanol–water partition coefficient (Wildman–Crippen LogP) is 0.624. The van der Waals surface area contributed by atoms with Crippen LogP contribution in [0.2, 0.25) is 0 Å². The molecule has 0 fully saturated rings. The molecule has 0 radical (unpaired) electrons. The van der Waals surface area contributed by atoms with Gasteiger partial charge in [0.2, 0.25) is 5.91 Å². The molecule has 0 saturated heterocycles. The Bertz CT molecular complexity index is 335. The fourth-order valence-corrected chi connectivity index (χ4v) is 1.26. The molecule has 1 amide bonds. The van der Waals surface area contributed by atoms with E-state index in [2.05, 4.69) is 16.1 Å². The van der Waals surface area contributed by atoms with Gasteiger partial charge in [-0.05, 0) is 13.3 Å². The van der Waals surface area contributed by atoms with Crippen LogP contribution in [-0.2, 0) is 19.4 Å². The summed E-state index contributed by atoms with van der Waals surface area (Å²) in [5, 5.41) is 2.27. The van der Waals surface area contributed by atoms with E-state index in [1.165, 1.54) is 6.92 Å². The third kappa shape index (κ3) is 7.06. The van der Waals surface area contributed by atoms with Crippen molar-refractivity contribution in [1.82, 2.24) is 5.32 Å². The first kappa shape index (κ1) is 14.1. The van der Waals surface area contributed by atoms with E-state index >= 15 is 0 Å². The van der Waals surface area contributed by atoms with Crippen molar-refractivity contribution < 1.29 is 21.9 Å². The molecule has 6 nitrogen and oxygen atoms in total. The van der Waals surface area contributed by atoms with Crippen LogP contribution in [0.5, 0.6) is 0 Å². The van der Waals surface area contributed by atoms with Gasteiger partial charge in [0.25, 0.3) is 0 Å². The minimum Gasteiger partial charge on any atom is -0.326 e. The summed E-state index contributed by atoms with van der Waals surface area (Å²) in [5.41, 5.74) is 0.232. The number of nitrogens with one attached hydrogen (secondary N) is 1. The summed E-state index contributed by atoms with van der Waals surface area (Å²) in [5.74, 6) is -0.517. The number of hydrogen-bond donors (Lipinski definition) is 2. The fourth-order valence-electron chi connectivity index (χ4n) is 0.823. The van der Waals surface area contributed by atoms with Gasteiger partial charge in [-0.15, -0.1) is 0 Å². The van der Waals surface area contributed by atoms with Crippen LogP contribution in [0.4, 0.5) is 0 Å². The summed E-state index contributed by atoms with van der Waals surface area (Å²) in [6, 6.07) is 0. The van der Waals surface area contributed by atoms with Crippen LogP contribution >= 0.6 is 0 Å². The zero-order valence-corrected chi connectivity index (χ0v) is 9.50. The SMILES string of the molecule is C=C(C)C(=O)NC(CCC)OS(=O)(=O)O. The van der Waals surface area contributed by atoms with E-state index < -0.39 is 22.5 Å². The minimum absolute atomic E-state index is 0.232. The normalized spacial score (nSPS) is 13.3. The molecule has 0 heterocycles. The van der Waals surface area contributed by atoms with Crippen molar-refractivity contribution in [3.05, 3.63) is 12.2 Å². The molecular weight excluding hydrogens is 222 g/mol. The van der Waals surface area contributed by atoms with Crippen LogP contribution in [0.3, 0.4) is 0 Å². The molecule has 88 valence electrons. The van der Waals surface area contributed by atoms with Gasteiger partial charge in [-0.25, -0.2) is 4.18 Å². The molecule has 0 rings (SSSR count). The van der Waals surface area contributed by atoms with Gasteiger partial charge in [-0.2, -0.15) is 8.42 Å². The molecule has 7 heteroatoms. The number of carbonyl (C=O) groups excluding carboxylic acids is 1. The molecule has 0 aliphatic carbocycles. The second-order valence-electron chi connectivity index (χ2n) is 3.06. The zero-order chi connectivity index (χ0) is 12.1. The average molecular weight is 237 g/mol. The Balaban J connectivity index is 4.41. The van der Waals surface area contributed by atoms with E-state index in [1.807, 2.05) is 0 Å². The van der Waals surface area contributed by atoms with E-state index in [4.69, 9.17) is 4.55 Å². The van der Waals surface area contributed by atoms with Crippen molar-refractivity contribution >= 4 is 16.3 Å². The Morgan fingerprint density at radius 3 is 2.47 bits per heavy atom. The molecule has 0 aromatic carbocycles. The van der Waals surface area contributed by atoms with E-state index in [9.17, 15) is 13.2 Å². The molecule has 15 heavy (non-hydrogen) atoms. The van der Waals surface area contributed by atoms with Crippen LogP contribution in [0.25, 0.3) is 0 Å². The summed E-state index contributed by atoms with van der Waals surface area (Å²) in [6.45, 7) is 6.65. The van der Waals surface area contributed by atoms with Gasteiger partial charge >= 0.3 is 10.4 Å². The fraction of sp³-hybridized carbons (Fsp3) is 0.625. The average Bonchev–Trinajstić information content (AvgIpc) is 2.00. The molecule has 0 spiro atoms. The molecule has 0 aliphatic heterocycles. The lowest BCUT2D eigenvalue weighted by atomic mass is 10.3. The minimum atomic E-state index is -4.56. The standard InChI is InChI=1S/C8H15NO5S/c1-4-5-7(14-15(11,12)13)9-8(10)6(2)3/h7H,2,4-5H2,1,3H3,(H,9,10)(H,11,12,13). The summed E-state index contributed by atoms with van der Waals surface area (Å²) in [4.78, 5) is 11.1. The lowest BCUT2D eigenvalue weighted by molar-refractivity contribution is -0.119. The second-order valence-corrected chi connectivity index (χ2v) is 4.10. The summed E-state index contributed by atoms with van der Waals surface area (Å²) in [7, 11) is -4.56. The van der Waals surface area contributed by atoms with Gasteiger partial charge in [0.15, 0.2) is 6.23 Å². The number of hydrogen-bond acceptors (Lipinski definition) is 4. The maximum absolute atomic E-state index is 11.1. The summed E-state index contributed by atoms with van der Waals surface area (Å²) >= 11 is 0. The van der Waals surface area contributed by atoms with Crippen molar-refractivity contribution in [3.63, 3.8) is 0 Å². The number of amides is 1. The molecule has 0 bridgehead atoms. The van der Waals surface area contributed by atoms with Crippen LogP contribution in [-0.4, -0.2) is 25.1 Å². The Morgan fingerprint density at radius 1 is 1.60 bits per heavy atom. The Labute approximate surface area is 89.3 Å². The van der Waals surface area contributed by atoms with Gasteiger partial charge in [0.1, 0.15) is 0 Å². The second kappa shape index (κ2) is 5.84. The van der Waals surface area contributed by atoms with E-state index in [0.717, 1.165) is 0 Å². The molecule has 0 saturated carbocycles. The monoisotopic (exact) mass is 237 g/mol. The molecule has 0 aliphatic rings. The maximum atomic E-state index is 11.1. The van der Waals surface area contributed by atoms with Gasteiger partial charge < -0.3 is 5.32 Å². The van der Waals surface area contributed by atoms with Crippen LogP contribution in [0.15, 0.2) is 12.2 Å². The third-order valence-electron chi connectivity index (χ3n) is 1.47. The smallest absolute Gasteiger partial charge is 0.326 e. The Kier molecular flexibility index (Phi) is 5.48. The Hall–Kier alpha value is -0.920. The van der Waals surface area contributed by atoms with Gasteiger partial charge in [0, 0.05) is 5.57 Å². The van der Waals surface area contributed by atoms with Crippen LogP contribution in [0.1, 0.15) is 26.7 Å². The topological polar surface area (TPSA) is 92.7 Å². The molecule has 0 aromatic rings. The van der Waals surface area contributed by atoms with Crippen molar-refractivity contribution in [2.24, 2.45) is 0 Å². The van der Waals surface area contributed by atoms with E-state index in [-0.39, 0.29) is 12.0 Å². The largest absolute Gasteiger partial charge is 0.399 e. The molecule has 1 unspecified atom stereocenters. The maximum Gasteiger partial charge on any atom is 0.399 e. The highest BCUT2D eigenvalue weighted by molar-refractivity contribution is 7.80. The highest BCUT2D eigenvalue weighted by Gasteiger charge is 2.18.